The number of aliphatic hydroxyl groups is 1. The molecule has 0 radical (unpaired) electrons. The summed E-state index contributed by atoms with van der Waals surface area (Å²) in [6, 6.07) is 0.209. The Morgan fingerprint density at radius 2 is 2.33 bits per heavy atom. The Morgan fingerprint density at radius 1 is 1.56 bits per heavy atom. The monoisotopic (exact) mass is 251 g/mol. The van der Waals surface area contributed by atoms with Gasteiger partial charge in [-0.25, -0.2) is 10.8 Å². The van der Waals surface area contributed by atoms with Gasteiger partial charge in [0.25, 0.3) is 5.91 Å². The molecule has 0 saturated heterocycles. The summed E-state index contributed by atoms with van der Waals surface area (Å²) in [4.78, 5) is 21.9. The van der Waals surface area contributed by atoms with Gasteiger partial charge in [-0.05, 0) is 19.3 Å². The Labute approximate surface area is 105 Å². The van der Waals surface area contributed by atoms with E-state index in [1.807, 2.05) is 0 Å². The summed E-state index contributed by atoms with van der Waals surface area (Å²) in [5.41, 5.74) is 2.60. The third kappa shape index (κ3) is 2.57. The number of amides is 1. The minimum absolute atomic E-state index is 0.0511. The molecule has 1 heterocycles. The van der Waals surface area contributed by atoms with Gasteiger partial charge in [-0.15, -0.1) is 0 Å². The zero-order chi connectivity index (χ0) is 13.0. The van der Waals surface area contributed by atoms with Crippen LogP contribution in [0.25, 0.3) is 0 Å². The topological polar surface area (TPSA) is 104 Å². The van der Waals surface area contributed by atoms with E-state index in [2.05, 4.69) is 15.4 Å². The van der Waals surface area contributed by atoms with Gasteiger partial charge in [0.1, 0.15) is 5.69 Å². The fourth-order valence-corrected chi connectivity index (χ4v) is 1.94. The van der Waals surface area contributed by atoms with Gasteiger partial charge in [-0.3, -0.25) is 9.78 Å². The van der Waals surface area contributed by atoms with E-state index < -0.39 is 0 Å². The lowest BCUT2D eigenvalue weighted by atomic mass is 9.91. The standard InChI is InChI=1S/C11H17N5O2/c12-15-10-7-13-6-9(14-10)11(18)16(4-5-17)8-2-1-3-8/h6-8,17H,1-5,12H2,(H,14,15). The van der Waals surface area contributed by atoms with Crippen molar-refractivity contribution in [3.8, 4) is 0 Å². The second-order valence-corrected chi connectivity index (χ2v) is 4.24. The van der Waals surface area contributed by atoms with E-state index in [4.69, 9.17) is 10.9 Å². The van der Waals surface area contributed by atoms with Crippen LogP contribution >= 0.6 is 0 Å². The van der Waals surface area contributed by atoms with Crippen molar-refractivity contribution in [3.63, 3.8) is 0 Å². The van der Waals surface area contributed by atoms with Crippen LogP contribution in [0, 0.1) is 0 Å². The van der Waals surface area contributed by atoms with E-state index in [0.29, 0.717) is 12.4 Å². The number of nitrogens with zero attached hydrogens (tertiary/aromatic N) is 3. The first-order chi connectivity index (χ1) is 8.76. The third-order valence-electron chi connectivity index (χ3n) is 3.12. The van der Waals surface area contributed by atoms with Gasteiger partial charge in [0.2, 0.25) is 0 Å². The summed E-state index contributed by atoms with van der Waals surface area (Å²) in [5.74, 6) is 5.37. The second-order valence-electron chi connectivity index (χ2n) is 4.24. The predicted molar refractivity (Wildman–Crippen MR) is 65.6 cm³/mol. The van der Waals surface area contributed by atoms with Gasteiger partial charge in [-0.2, -0.15) is 0 Å². The average molecular weight is 251 g/mol. The molecule has 18 heavy (non-hydrogen) atoms. The number of nitrogens with two attached hydrogens (primary N) is 1. The molecule has 0 aliphatic heterocycles. The molecule has 98 valence electrons. The van der Waals surface area contributed by atoms with Crippen molar-refractivity contribution in [2.24, 2.45) is 5.84 Å². The van der Waals surface area contributed by atoms with E-state index in [-0.39, 0.29) is 24.2 Å². The molecule has 4 N–H and O–H groups in total. The molecule has 1 aromatic heterocycles. The molecule has 7 heteroatoms. The highest BCUT2D eigenvalue weighted by atomic mass is 16.3. The maximum absolute atomic E-state index is 12.3. The summed E-state index contributed by atoms with van der Waals surface area (Å²) < 4.78 is 0. The SMILES string of the molecule is NNc1cncc(C(=O)N(CCO)C2CCC2)n1. The van der Waals surface area contributed by atoms with Gasteiger partial charge in [-0.1, -0.05) is 0 Å². The third-order valence-corrected chi connectivity index (χ3v) is 3.12. The highest BCUT2D eigenvalue weighted by Crippen LogP contribution is 2.25. The number of anilines is 1. The maximum atomic E-state index is 12.3. The fourth-order valence-electron chi connectivity index (χ4n) is 1.94. The molecule has 1 aliphatic carbocycles. The van der Waals surface area contributed by atoms with Crippen LogP contribution in [0.2, 0.25) is 0 Å². The number of aliphatic hydroxyl groups excluding tert-OH is 1. The summed E-state index contributed by atoms with van der Waals surface area (Å²) >= 11 is 0. The lowest BCUT2D eigenvalue weighted by Crippen LogP contribution is -2.46. The van der Waals surface area contributed by atoms with Crippen molar-refractivity contribution >= 4 is 11.7 Å². The number of hydrogen-bond acceptors (Lipinski definition) is 6. The Hall–Kier alpha value is -1.73. The van der Waals surface area contributed by atoms with E-state index in [1.54, 1.807) is 4.90 Å². The number of nitrogen functional groups attached to an aromatic ring is 1. The van der Waals surface area contributed by atoms with Crippen molar-refractivity contribution in [1.29, 1.82) is 0 Å². The van der Waals surface area contributed by atoms with Gasteiger partial charge in [0, 0.05) is 12.6 Å². The molecule has 2 rings (SSSR count). The van der Waals surface area contributed by atoms with Crippen molar-refractivity contribution in [2.45, 2.75) is 25.3 Å². The first kappa shape index (κ1) is 12.7. The average Bonchev–Trinajstić information content (AvgIpc) is 2.35. The Kier molecular flexibility index (Phi) is 4.06. The van der Waals surface area contributed by atoms with E-state index in [9.17, 15) is 4.79 Å². The zero-order valence-corrected chi connectivity index (χ0v) is 10.0. The van der Waals surface area contributed by atoms with Crippen LogP contribution in [0.15, 0.2) is 12.4 Å². The lowest BCUT2D eigenvalue weighted by Gasteiger charge is -2.37. The number of aromatic nitrogens is 2. The molecule has 1 fully saturated rings. The Bertz CT molecular complexity index is 422. The van der Waals surface area contributed by atoms with Crippen molar-refractivity contribution in [2.75, 3.05) is 18.6 Å². The van der Waals surface area contributed by atoms with Gasteiger partial charge < -0.3 is 15.4 Å². The quantitative estimate of drug-likeness (QED) is 0.492. The minimum Gasteiger partial charge on any atom is -0.395 e. The summed E-state index contributed by atoms with van der Waals surface area (Å²) in [5, 5.41) is 9.04. The molecule has 0 atom stereocenters. The van der Waals surface area contributed by atoms with Gasteiger partial charge >= 0.3 is 0 Å². The molecule has 0 aromatic carbocycles. The largest absolute Gasteiger partial charge is 0.395 e. The van der Waals surface area contributed by atoms with Gasteiger partial charge in [0.15, 0.2) is 5.82 Å². The molecule has 1 amide bonds. The van der Waals surface area contributed by atoms with Crippen molar-refractivity contribution in [3.05, 3.63) is 18.1 Å². The summed E-state index contributed by atoms with van der Waals surface area (Å²) in [6.45, 7) is 0.274. The predicted octanol–water partition coefficient (Wildman–Crippen LogP) is -0.251. The first-order valence-corrected chi connectivity index (χ1v) is 5.96. The van der Waals surface area contributed by atoms with E-state index >= 15 is 0 Å². The van der Waals surface area contributed by atoms with Crippen LogP contribution in [0.4, 0.5) is 5.82 Å². The molecular formula is C11H17N5O2. The Morgan fingerprint density at radius 3 is 2.89 bits per heavy atom. The summed E-state index contributed by atoms with van der Waals surface area (Å²) in [7, 11) is 0. The molecule has 1 aromatic rings. The second kappa shape index (κ2) is 5.74. The molecule has 0 spiro atoms. The highest BCUT2D eigenvalue weighted by molar-refractivity contribution is 5.92. The number of hydrazine groups is 1. The van der Waals surface area contributed by atoms with Crippen molar-refractivity contribution < 1.29 is 9.90 Å². The fraction of sp³-hybridized carbons (Fsp3) is 0.545. The number of nitrogens with one attached hydrogen (secondary N) is 1. The van der Waals surface area contributed by atoms with Crippen LogP contribution in [-0.4, -0.2) is 45.1 Å². The highest BCUT2D eigenvalue weighted by Gasteiger charge is 2.29. The molecule has 1 saturated carbocycles. The number of hydrogen-bond donors (Lipinski definition) is 3. The van der Waals surface area contributed by atoms with Crippen molar-refractivity contribution in [1.82, 2.24) is 14.9 Å². The zero-order valence-electron chi connectivity index (χ0n) is 10.0. The normalized spacial score (nSPS) is 15.0. The number of rotatable bonds is 5. The van der Waals surface area contributed by atoms with Crippen LogP contribution in [0.3, 0.4) is 0 Å². The minimum atomic E-state index is -0.210. The maximum Gasteiger partial charge on any atom is 0.274 e. The molecule has 0 bridgehead atoms. The summed E-state index contributed by atoms with van der Waals surface area (Å²) in [6.07, 6.45) is 5.93. The van der Waals surface area contributed by atoms with E-state index in [0.717, 1.165) is 19.3 Å². The van der Waals surface area contributed by atoms with Crippen LogP contribution in [0.1, 0.15) is 29.8 Å². The first-order valence-electron chi connectivity index (χ1n) is 5.96. The van der Waals surface area contributed by atoms with Crippen LogP contribution in [0.5, 0.6) is 0 Å². The lowest BCUT2D eigenvalue weighted by molar-refractivity contribution is 0.0519. The Balaban J connectivity index is 2.15. The molecular weight excluding hydrogens is 234 g/mol. The molecule has 0 unspecified atom stereocenters. The molecule has 1 aliphatic rings. The number of carbonyl (C=O) groups excluding carboxylic acids is 1. The van der Waals surface area contributed by atoms with E-state index in [1.165, 1.54) is 12.4 Å². The van der Waals surface area contributed by atoms with Crippen LogP contribution < -0.4 is 11.3 Å². The van der Waals surface area contributed by atoms with Crippen LogP contribution in [-0.2, 0) is 0 Å². The van der Waals surface area contributed by atoms with Gasteiger partial charge in [0.05, 0.1) is 19.0 Å². The molecule has 7 nitrogen and oxygen atoms in total. The smallest absolute Gasteiger partial charge is 0.274 e. The number of carbonyl (C=O) groups is 1.